The number of carbonyl (C=O) groups is 2. The third kappa shape index (κ3) is 5.33. The van der Waals surface area contributed by atoms with Gasteiger partial charge in [-0.15, -0.1) is 0 Å². The molecular weight excluding hydrogens is 470 g/mol. The van der Waals surface area contributed by atoms with Crippen LogP contribution in [0.1, 0.15) is 35.5 Å². The molecule has 1 aromatic heterocycles. The molecule has 0 saturated carbocycles. The SMILES string of the molecule is Cc1ncc(-c2ccc(Oc3cccc(CC(=O)O)c3)c(CN3C(=O)OC(c4ccccc4)C3C)c2)[nH]1. The largest absolute Gasteiger partial charge is 0.481 e. The lowest BCUT2D eigenvalue weighted by atomic mass is 10.0. The second kappa shape index (κ2) is 10.2. The van der Waals surface area contributed by atoms with E-state index < -0.39 is 12.1 Å². The highest BCUT2D eigenvalue weighted by Gasteiger charge is 2.39. The van der Waals surface area contributed by atoms with Crippen LogP contribution in [0.2, 0.25) is 0 Å². The quantitative estimate of drug-likeness (QED) is 0.315. The number of ether oxygens (including phenoxy) is 2. The number of hydrogen-bond acceptors (Lipinski definition) is 5. The molecule has 5 rings (SSSR count). The molecule has 1 aliphatic heterocycles. The number of carboxylic acids is 1. The number of nitrogens with one attached hydrogen (secondary N) is 1. The molecule has 8 heteroatoms. The molecule has 8 nitrogen and oxygen atoms in total. The van der Waals surface area contributed by atoms with Gasteiger partial charge < -0.3 is 19.6 Å². The average Bonchev–Trinajstić information content (AvgIpc) is 3.43. The third-order valence-corrected chi connectivity index (χ3v) is 6.42. The first-order chi connectivity index (χ1) is 17.9. The van der Waals surface area contributed by atoms with Crippen molar-refractivity contribution in [1.82, 2.24) is 14.9 Å². The Morgan fingerprint density at radius 3 is 2.65 bits per heavy atom. The molecule has 0 spiro atoms. The Labute approximate surface area is 214 Å². The number of aryl methyl sites for hydroxylation is 1. The monoisotopic (exact) mass is 497 g/mol. The number of H-pyrrole nitrogens is 1. The molecule has 1 aliphatic rings. The van der Waals surface area contributed by atoms with Crippen LogP contribution in [-0.2, 0) is 22.5 Å². The summed E-state index contributed by atoms with van der Waals surface area (Å²) in [6.07, 6.45) is 0.908. The molecule has 2 atom stereocenters. The second-order valence-corrected chi connectivity index (χ2v) is 9.11. The van der Waals surface area contributed by atoms with Crippen molar-refractivity contribution < 1.29 is 24.2 Å². The standard InChI is InChI=1S/C29H27N3O5/c1-18-28(21-8-4-3-5-9-21)37-29(35)32(18)17-23-15-22(25-16-30-19(2)31-25)11-12-26(23)36-24-10-6-7-20(13-24)14-27(33)34/h3-13,15-16,18,28H,14,17H2,1-2H3,(H,30,31)(H,33,34). The molecule has 2 heterocycles. The summed E-state index contributed by atoms with van der Waals surface area (Å²) in [4.78, 5) is 33.3. The van der Waals surface area contributed by atoms with Gasteiger partial charge in [-0.05, 0) is 55.3 Å². The van der Waals surface area contributed by atoms with Crippen LogP contribution in [0, 0.1) is 6.92 Å². The van der Waals surface area contributed by atoms with Gasteiger partial charge in [0.25, 0.3) is 0 Å². The first-order valence-electron chi connectivity index (χ1n) is 12.0. The summed E-state index contributed by atoms with van der Waals surface area (Å²) < 4.78 is 12.0. The molecule has 37 heavy (non-hydrogen) atoms. The van der Waals surface area contributed by atoms with Gasteiger partial charge >= 0.3 is 12.1 Å². The van der Waals surface area contributed by atoms with E-state index in [4.69, 9.17) is 14.6 Å². The van der Waals surface area contributed by atoms with Crippen LogP contribution in [0.3, 0.4) is 0 Å². The van der Waals surface area contributed by atoms with Crippen LogP contribution in [0.5, 0.6) is 11.5 Å². The molecule has 2 N–H and O–H groups in total. The number of cyclic esters (lactones) is 1. The van der Waals surface area contributed by atoms with Gasteiger partial charge in [0.15, 0.2) is 0 Å². The lowest BCUT2D eigenvalue weighted by Gasteiger charge is -2.23. The lowest BCUT2D eigenvalue weighted by Crippen LogP contribution is -2.31. The molecule has 0 aliphatic carbocycles. The molecule has 0 bridgehead atoms. The van der Waals surface area contributed by atoms with E-state index in [1.165, 1.54) is 0 Å². The minimum atomic E-state index is -0.911. The van der Waals surface area contributed by atoms with Crippen molar-refractivity contribution in [3.63, 3.8) is 0 Å². The first kappa shape index (κ1) is 24.1. The van der Waals surface area contributed by atoms with Gasteiger partial charge in [-0.1, -0.05) is 42.5 Å². The predicted molar refractivity (Wildman–Crippen MR) is 137 cm³/mol. The molecule has 1 amide bonds. The molecule has 2 unspecified atom stereocenters. The zero-order chi connectivity index (χ0) is 25.9. The summed E-state index contributed by atoms with van der Waals surface area (Å²) in [5.74, 6) is 0.973. The van der Waals surface area contributed by atoms with Gasteiger partial charge in [-0.3, -0.25) is 9.69 Å². The summed E-state index contributed by atoms with van der Waals surface area (Å²) >= 11 is 0. The Morgan fingerprint density at radius 2 is 1.92 bits per heavy atom. The van der Waals surface area contributed by atoms with Crippen molar-refractivity contribution in [1.29, 1.82) is 0 Å². The van der Waals surface area contributed by atoms with Crippen molar-refractivity contribution in [2.75, 3.05) is 0 Å². The highest BCUT2D eigenvalue weighted by molar-refractivity contribution is 5.72. The van der Waals surface area contributed by atoms with Gasteiger partial charge in [0.2, 0.25) is 0 Å². The molecular formula is C29H27N3O5. The number of nitrogens with zero attached hydrogens (tertiary/aromatic N) is 2. The van der Waals surface area contributed by atoms with E-state index in [1.54, 1.807) is 35.4 Å². The van der Waals surface area contributed by atoms with Crippen molar-refractivity contribution in [2.45, 2.75) is 39.0 Å². The molecule has 4 aromatic rings. The van der Waals surface area contributed by atoms with E-state index >= 15 is 0 Å². The van der Waals surface area contributed by atoms with E-state index in [9.17, 15) is 9.59 Å². The van der Waals surface area contributed by atoms with E-state index in [-0.39, 0.29) is 25.1 Å². The van der Waals surface area contributed by atoms with Crippen LogP contribution in [0.15, 0.2) is 79.0 Å². The Balaban J connectivity index is 1.47. The smallest absolute Gasteiger partial charge is 0.411 e. The van der Waals surface area contributed by atoms with Crippen molar-refractivity contribution in [3.8, 4) is 22.8 Å². The lowest BCUT2D eigenvalue weighted by molar-refractivity contribution is -0.136. The van der Waals surface area contributed by atoms with Gasteiger partial charge in [0.05, 0.1) is 30.9 Å². The molecule has 3 aromatic carbocycles. The van der Waals surface area contributed by atoms with Gasteiger partial charge in [-0.25, -0.2) is 9.78 Å². The zero-order valence-corrected chi connectivity index (χ0v) is 20.5. The average molecular weight is 498 g/mol. The number of amides is 1. The fourth-order valence-electron chi connectivity index (χ4n) is 4.54. The molecule has 0 radical (unpaired) electrons. The van der Waals surface area contributed by atoms with E-state index in [2.05, 4.69) is 9.97 Å². The van der Waals surface area contributed by atoms with Gasteiger partial charge in [0.1, 0.15) is 23.4 Å². The highest BCUT2D eigenvalue weighted by atomic mass is 16.6. The first-order valence-corrected chi connectivity index (χ1v) is 12.0. The maximum atomic E-state index is 12.9. The Bertz CT molecular complexity index is 1430. The van der Waals surface area contributed by atoms with Crippen LogP contribution in [-0.4, -0.2) is 38.1 Å². The van der Waals surface area contributed by atoms with Crippen LogP contribution >= 0.6 is 0 Å². The van der Waals surface area contributed by atoms with E-state index in [1.807, 2.05) is 62.4 Å². The summed E-state index contributed by atoms with van der Waals surface area (Å²) in [6, 6.07) is 22.3. The molecule has 1 fully saturated rings. The Kier molecular flexibility index (Phi) is 6.64. The molecule has 1 saturated heterocycles. The summed E-state index contributed by atoms with van der Waals surface area (Å²) in [7, 11) is 0. The number of aromatic nitrogens is 2. The number of hydrogen-bond donors (Lipinski definition) is 2. The summed E-state index contributed by atoms with van der Waals surface area (Å²) in [6.45, 7) is 4.13. The topological polar surface area (TPSA) is 105 Å². The number of carbonyl (C=O) groups excluding carboxylic acids is 1. The minimum Gasteiger partial charge on any atom is -0.481 e. The number of aliphatic carboxylic acids is 1. The minimum absolute atomic E-state index is 0.0970. The van der Waals surface area contributed by atoms with Crippen LogP contribution < -0.4 is 4.74 Å². The predicted octanol–water partition coefficient (Wildman–Crippen LogP) is 5.89. The normalized spacial score (nSPS) is 17.0. The fourth-order valence-corrected chi connectivity index (χ4v) is 4.54. The van der Waals surface area contributed by atoms with Crippen molar-refractivity contribution in [2.24, 2.45) is 0 Å². The van der Waals surface area contributed by atoms with E-state index in [0.717, 1.165) is 28.2 Å². The van der Waals surface area contributed by atoms with Gasteiger partial charge in [0, 0.05) is 11.1 Å². The number of imidazole rings is 1. The summed E-state index contributed by atoms with van der Waals surface area (Å²) in [5.41, 5.74) is 4.12. The number of benzene rings is 3. The number of aromatic amines is 1. The maximum absolute atomic E-state index is 12.9. The fraction of sp³-hybridized carbons (Fsp3) is 0.207. The summed E-state index contributed by atoms with van der Waals surface area (Å²) in [5, 5.41) is 9.15. The second-order valence-electron chi connectivity index (χ2n) is 9.11. The van der Waals surface area contributed by atoms with Crippen molar-refractivity contribution >= 4 is 12.1 Å². The maximum Gasteiger partial charge on any atom is 0.411 e. The number of carboxylic acid groups (broad SMARTS) is 1. The Morgan fingerprint density at radius 1 is 1.11 bits per heavy atom. The highest BCUT2D eigenvalue weighted by Crippen LogP contribution is 2.36. The number of rotatable bonds is 8. The molecule has 188 valence electrons. The van der Waals surface area contributed by atoms with E-state index in [0.29, 0.717) is 17.1 Å². The Hall–Kier alpha value is -4.59. The van der Waals surface area contributed by atoms with Crippen LogP contribution in [0.25, 0.3) is 11.3 Å². The third-order valence-electron chi connectivity index (χ3n) is 6.42. The zero-order valence-electron chi connectivity index (χ0n) is 20.5. The van der Waals surface area contributed by atoms with Gasteiger partial charge in [-0.2, -0.15) is 0 Å². The van der Waals surface area contributed by atoms with Crippen LogP contribution in [0.4, 0.5) is 4.79 Å². The van der Waals surface area contributed by atoms with Crippen molar-refractivity contribution in [3.05, 3.63) is 102 Å².